The van der Waals surface area contributed by atoms with Gasteiger partial charge in [-0.15, -0.1) is 0 Å². The molecule has 0 saturated carbocycles. The number of nitrogens with one attached hydrogen (secondary N) is 2. The minimum atomic E-state index is -4.48. The van der Waals surface area contributed by atoms with E-state index in [0.29, 0.717) is 17.2 Å². The van der Waals surface area contributed by atoms with E-state index in [0.717, 1.165) is 6.20 Å². The van der Waals surface area contributed by atoms with Crippen molar-refractivity contribution < 1.29 is 27.5 Å². The molecule has 1 aromatic carbocycles. The molecule has 0 bridgehead atoms. The van der Waals surface area contributed by atoms with Crippen LogP contribution < -0.4 is 15.4 Å². The third kappa shape index (κ3) is 8.47. The average molecular weight is 496 g/mol. The van der Waals surface area contributed by atoms with Crippen LogP contribution in [-0.2, 0) is 4.79 Å². The molecule has 1 aromatic heterocycles. The molecule has 2 amide bonds. The predicted octanol–water partition coefficient (Wildman–Crippen LogP) is 4.82. The molecular formula is C19H18Cl2F3N3O3S. The minimum Gasteiger partial charge on any atom is -0.468 e. The van der Waals surface area contributed by atoms with Crippen molar-refractivity contribution in [2.45, 2.75) is 18.6 Å². The molecule has 0 radical (unpaired) electrons. The number of carbonyl (C=O) groups excluding carboxylic acids is 2. The number of alkyl halides is 3. The first-order chi connectivity index (χ1) is 14.6. The number of anilines is 1. The molecule has 1 unspecified atom stereocenters. The quantitative estimate of drug-likeness (QED) is 0.521. The second kappa shape index (κ2) is 11.4. The Balaban J connectivity index is 2.04. The van der Waals surface area contributed by atoms with Gasteiger partial charge in [0.15, 0.2) is 6.61 Å². The topological polar surface area (TPSA) is 80.3 Å². The number of thioether (sulfide) groups is 1. The van der Waals surface area contributed by atoms with Gasteiger partial charge in [-0.1, -0.05) is 23.2 Å². The molecule has 1 heterocycles. The number of halogens is 5. The van der Waals surface area contributed by atoms with E-state index in [-0.39, 0.29) is 22.2 Å². The van der Waals surface area contributed by atoms with E-state index in [2.05, 4.69) is 20.4 Å². The van der Waals surface area contributed by atoms with Crippen LogP contribution in [0.1, 0.15) is 16.8 Å². The van der Waals surface area contributed by atoms with Crippen molar-refractivity contribution in [1.82, 2.24) is 10.3 Å². The molecule has 2 rings (SSSR count). The summed E-state index contributed by atoms with van der Waals surface area (Å²) < 4.78 is 41.1. The smallest absolute Gasteiger partial charge is 0.422 e. The maximum atomic E-state index is 12.7. The highest BCUT2D eigenvalue weighted by Crippen LogP contribution is 2.21. The first-order valence-electron chi connectivity index (χ1n) is 8.80. The first-order valence-corrected chi connectivity index (χ1v) is 11.0. The zero-order valence-electron chi connectivity index (χ0n) is 16.1. The molecular weight excluding hydrogens is 478 g/mol. The maximum absolute atomic E-state index is 12.7. The number of pyridine rings is 1. The van der Waals surface area contributed by atoms with Crippen LogP contribution in [0.2, 0.25) is 10.0 Å². The first kappa shape index (κ1) is 25.1. The molecule has 6 nitrogen and oxygen atoms in total. The number of ether oxygens (including phenoxy) is 1. The summed E-state index contributed by atoms with van der Waals surface area (Å²) in [6.45, 7) is -1.47. The lowest BCUT2D eigenvalue weighted by Gasteiger charge is -2.18. The summed E-state index contributed by atoms with van der Waals surface area (Å²) in [5, 5.41) is 5.72. The predicted molar refractivity (Wildman–Crippen MR) is 115 cm³/mol. The lowest BCUT2D eigenvalue weighted by molar-refractivity contribution is -0.154. The van der Waals surface area contributed by atoms with Crippen LogP contribution in [0.15, 0.2) is 36.5 Å². The molecule has 0 saturated heterocycles. The van der Waals surface area contributed by atoms with Gasteiger partial charge in [-0.2, -0.15) is 24.9 Å². The number of nitrogens with zero attached hydrogens (tertiary/aromatic N) is 1. The highest BCUT2D eigenvalue weighted by Gasteiger charge is 2.28. The third-order valence-electron chi connectivity index (χ3n) is 3.80. The molecule has 0 aliphatic carbocycles. The summed E-state index contributed by atoms with van der Waals surface area (Å²) >= 11 is 13.4. The summed E-state index contributed by atoms with van der Waals surface area (Å²) in [6.07, 6.45) is -1.13. The van der Waals surface area contributed by atoms with Crippen molar-refractivity contribution >= 4 is 52.5 Å². The molecule has 0 spiro atoms. The molecule has 168 valence electrons. The van der Waals surface area contributed by atoms with Gasteiger partial charge < -0.3 is 15.4 Å². The number of carbonyl (C=O) groups is 2. The average Bonchev–Trinajstić information content (AvgIpc) is 2.69. The summed E-state index contributed by atoms with van der Waals surface area (Å²) in [5.41, 5.74) is 0.401. The van der Waals surface area contributed by atoms with E-state index in [1.54, 1.807) is 0 Å². The molecule has 2 N–H and O–H groups in total. The number of rotatable bonds is 9. The number of aromatic nitrogens is 1. The fourth-order valence-corrected chi connectivity index (χ4v) is 3.30. The van der Waals surface area contributed by atoms with Gasteiger partial charge in [-0.3, -0.25) is 9.59 Å². The van der Waals surface area contributed by atoms with Crippen LogP contribution >= 0.6 is 35.0 Å². The van der Waals surface area contributed by atoms with E-state index < -0.39 is 30.6 Å². The Morgan fingerprint density at radius 2 is 1.97 bits per heavy atom. The Morgan fingerprint density at radius 3 is 2.55 bits per heavy atom. The van der Waals surface area contributed by atoms with Crippen molar-refractivity contribution in [3.05, 3.63) is 52.1 Å². The van der Waals surface area contributed by atoms with Gasteiger partial charge in [0.25, 0.3) is 5.91 Å². The second-order valence-electron chi connectivity index (χ2n) is 6.21. The van der Waals surface area contributed by atoms with Crippen molar-refractivity contribution in [3.63, 3.8) is 0 Å². The zero-order chi connectivity index (χ0) is 23.0. The summed E-state index contributed by atoms with van der Waals surface area (Å²) in [5.74, 6) is -0.704. The summed E-state index contributed by atoms with van der Waals surface area (Å²) in [7, 11) is 0. The van der Waals surface area contributed by atoms with Gasteiger partial charge in [0.2, 0.25) is 11.8 Å². The Bertz CT molecular complexity index is 915. The van der Waals surface area contributed by atoms with Gasteiger partial charge in [0.05, 0.1) is 22.5 Å². The number of hydrogen-bond acceptors (Lipinski definition) is 5. The molecule has 12 heteroatoms. The normalized spacial score (nSPS) is 12.2. The third-order valence-corrected chi connectivity index (χ3v) is 4.99. The molecule has 0 aliphatic rings. The van der Waals surface area contributed by atoms with Crippen LogP contribution in [0, 0.1) is 0 Å². The summed E-state index contributed by atoms with van der Waals surface area (Å²) in [6, 6.07) is 6.04. The highest BCUT2D eigenvalue weighted by atomic mass is 35.5. The second-order valence-corrected chi connectivity index (χ2v) is 8.04. The van der Waals surface area contributed by atoms with Gasteiger partial charge >= 0.3 is 6.18 Å². The van der Waals surface area contributed by atoms with Crippen LogP contribution in [-0.4, -0.2) is 47.6 Å². The van der Waals surface area contributed by atoms with E-state index in [9.17, 15) is 22.8 Å². The lowest BCUT2D eigenvalue weighted by Crippen LogP contribution is -2.44. The fraction of sp³-hybridized carbons (Fsp3) is 0.316. The van der Waals surface area contributed by atoms with Gasteiger partial charge in [-0.25, -0.2) is 4.98 Å². The molecule has 2 aromatic rings. The molecule has 0 aliphatic heterocycles. The number of amides is 2. The van der Waals surface area contributed by atoms with Gasteiger partial charge in [0.1, 0.15) is 6.04 Å². The number of benzene rings is 1. The Kier molecular flexibility index (Phi) is 9.27. The van der Waals surface area contributed by atoms with Crippen molar-refractivity contribution in [2.24, 2.45) is 0 Å². The van der Waals surface area contributed by atoms with Crippen LogP contribution in [0.5, 0.6) is 5.88 Å². The van der Waals surface area contributed by atoms with E-state index in [4.69, 9.17) is 23.2 Å². The van der Waals surface area contributed by atoms with Crippen LogP contribution in [0.4, 0.5) is 18.9 Å². The van der Waals surface area contributed by atoms with E-state index in [1.165, 1.54) is 42.1 Å². The SMILES string of the molecule is CSCCC(NC(=O)c1ccc(Cl)cc1Cl)C(=O)Nc1ccc(OCC(F)(F)F)nc1. The van der Waals surface area contributed by atoms with E-state index >= 15 is 0 Å². The molecule has 1 atom stereocenters. The number of hydrogen-bond donors (Lipinski definition) is 2. The Hall–Kier alpha value is -2.17. The zero-order valence-corrected chi connectivity index (χ0v) is 18.5. The largest absolute Gasteiger partial charge is 0.468 e. The monoisotopic (exact) mass is 495 g/mol. The minimum absolute atomic E-state index is 0.146. The van der Waals surface area contributed by atoms with Crippen molar-refractivity contribution in [3.8, 4) is 5.88 Å². The fourth-order valence-electron chi connectivity index (χ4n) is 2.34. The van der Waals surface area contributed by atoms with E-state index in [1.807, 2.05) is 6.26 Å². The summed E-state index contributed by atoms with van der Waals surface area (Å²) in [4.78, 5) is 29.0. The molecule has 0 fully saturated rings. The maximum Gasteiger partial charge on any atom is 0.422 e. The van der Waals surface area contributed by atoms with Crippen molar-refractivity contribution in [1.29, 1.82) is 0 Å². The van der Waals surface area contributed by atoms with Crippen LogP contribution in [0.25, 0.3) is 0 Å². The Labute approximate surface area is 190 Å². The highest BCUT2D eigenvalue weighted by molar-refractivity contribution is 7.98. The standard InChI is InChI=1S/C19H18Cl2F3N3O3S/c1-31-7-6-15(27-17(28)13-4-2-11(20)8-14(13)21)18(29)26-12-3-5-16(25-9-12)30-10-19(22,23)24/h2-5,8-9,15H,6-7,10H2,1H3,(H,26,29)(H,27,28). The molecule has 31 heavy (non-hydrogen) atoms. The lowest BCUT2D eigenvalue weighted by atomic mass is 10.1. The van der Waals surface area contributed by atoms with Gasteiger partial charge in [-0.05, 0) is 42.7 Å². The Morgan fingerprint density at radius 1 is 1.23 bits per heavy atom. The van der Waals surface area contributed by atoms with Crippen LogP contribution in [0.3, 0.4) is 0 Å². The van der Waals surface area contributed by atoms with Crippen molar-refractivity contribution in [2.75, 3.05) is 23.9 Å². The van der Waals surface area contributed by atoms with Gasteiger partial charge in [0, 0.05) is 11.1 Å².